The van der Waals surface area contributed by atoms with E-state index in [1.165, 1.54) is 0 Å². The molecule has 4 atom stereocenters. The predicted molar refractivity (Wildman–Crippen MR) is 40.5 cm³/mol. The zero-order valence-electron chi connectivity index (χ0n) is 6.54. The molecular weight excluding hydrogens is 180 g/mol. The van der Waals surface area contributed by atoms with Gasteiger partial charge in [-0.1, -0.05) is 5.11 Å². The Morgan fingerprint density at radius 3 is 2.69 bits per heavy atom. The topological polar surface area (TPSA) is 98.5 Å². The molecule has 1 fully saturated rings. The Morgan fingerprint density at radius 1 is 1.77 bits per heavy atom. The number of halogens is 1. The van der Waals surface area contributed by atoms with Gasteiger partial charge in [-0.05, 0) is 5.53 Å². The summed E-state index contributed by atoms with van der Waals surface area (Å²) in [5.74, 6) is 0. The molecule has 2 radical (unpaired) electrons. The van der Waals surface area contributed by atoms with Gasteiger partial charge >= 0.3 is 0 Å². The van der Waals surface area contributed by atoms with Gasteiger partial charge in [-0.15, -0.1) is 0 Å². The summed E-state index contributed by atoms with van der Waals surface area (Å²) in [5, 5.41) is 21.0. The zero-order chi connectivity index (χ0) is 10.1. The van der Waals surface area contributed by atoms with Gasteiger partial charge in [0.15, 0.2) is 5.72 Å². The van der Waals surface area contributed by atoms with Crippen LogP contribution < -0.4 is 0 Å². The third-order valence-electron chi connectivity index (χ3n) is 1.86. The Balaban J connectivity index is 2.95. The Hall–Kier alpha value is -0.815. The van der Waals surface area contributed by atoms with Gasteiger partial charge in [-0.25, -0.2) is 4.39 Å². The summed E-state index contributed by atoms with van der Waals surface area (Å²) < 4.78 is 17.6. The second-order valence-electron chi connectivity index (χ2n) is 2.66. The molecule has 0 aliphatic carbocycles. The van der Waals surface area contributed by atoms with Gasteiger partial charge < -0.3 is 14.9 Å². The minimum absolute atomic E-state index is 0.827. The van der Waals surface area contributed by atoms with Crippen molar-refractivity contribution in [2.75, 3.05) is 6.61 Å². The third kappa shape index (κ3) is 1.49. The van der Waals surface area contributed by atoms with E-state index in [1.807, 2.05) is 0 Å². The molecule has 1 aliphatic rings. The van der Waals surface area contributed by atoms with E-state index in [9.17, 15) is 9.50 Å². The maximum Gasteiger partial charge on any atom is 0.198 e. The number of azide groups is 1. The first kappa shape index (κ1) is 10.3. The lowest BCUT2D eigenvalue weighted by Crippen LogP contribution is -2.43. The van der Waals surface area contributed by atoms with Crippen molar-refractivity contribution in [2.24, 2.45) is 5.11 Å². The summed E-state index contributed by atoms with van der Waals surface area (Å²) in [4.78, 5) is 2.34. The number of alkyl halides is 1. The molecule has 1 rings (SSSR count). The summed E-state index contributed by atoms with van der Waals surface area (Å²) >= 11 is 0. The van der Waals surface area contributed by atoms with E-state index in [0.717, 1.165) is 0 Å². The van der Waals surface area contributed by atoms with Crippen LogP contribution in [0, 0.1) is 0 Å². The summed E-state index contributed by atoms with van der Waals surface area (Å²) in [6, 6.07) is -1.40. The molecule has 6 nitrogen and oxygen atoms in total. The Bertz CT molecular complexity index is 249. The third-order valence-corrected chi connectivity index (χ3v) is 1.86. The quantitative estimate of drug-likeness (QED) is 0.256. The smallest absolute Gasteiger partial charge is 0.198 e. The van der Waals surface area contributed by atoms with Crippen molar-refractivity contribution in [2.45, 2.75) is 24.0 Å². The molecule has 0 aromatic rings. The highest BCUT2D eigenvalue weighted by atomic mass is 19.1. The average Bonchev–Trinajstić information content (AvgIpc) is 2.32. The minimum Gasteiger partial charge on any atom is -0.393 e. The van der Waals surface area contributed by atoms with Gasteiger partial charge in [-0.2, -0.15) is 0 Å². The molecule has 0 bridgehead atoms. The lowest BCUT2D eigenvalue weighted by atomic mass is 9.93. The van der Waals surface area contributed by atoms with E-state index in [0.29, 0.717) is 0 Å². The number of ether oxygens (including phenoxy) is 1. The highest BCUT2D eigenvalue weighted by Crippen LogP contribution is 2.32. The molecule has 1 heterocycles. The normalized spacial score (nSPS) is 44.4. The van der Waals surface area contributed by atoms with Crippen LogP contribution in [0.1, 0.15) is 0 Å². The molecule has 2 N–H and O–H groups in total. The van der Waals surface area contributed by atoms with Crippen molar-refractivity contribution < 1.29 is 19.3 Å². The first-order valence-electron chi connectivity index (χ1n) is 3.50. The number of nitrogens with zero attached hydrogens (tertiary/aromatic N) is 3. The minimum atomic E-state index is -1.99. The molecule has 0 amide bonds. The van der Waals surface area contributed by atoms with E-state index in [4.69, 9.17) is 18.5 Å². The summed E-state index contributed by atoms with van der Waals surface area (Å²) in [6.07, 6.45) is -3.62. The first-order chi connectivity index (χ1) is 6.07. The van der Waals surface area contributed by atoms with E-state index in [2.05, 4.69) is 14.8 Å². The van der Waals surface area contributed by atoms with E-state index >= 15 is 0 Å². The monoisotopic (exact) mass is 187 g/mol. The maximum atomic E-state index is 12.9. The standard InChI is InChI=1S/C5H7BFN3O3/c6-4-2(7)3(12)5(1-11,13-4)9-10-8/h2-4,11-12H,1H2/t2-,3-,4+,5+/m0/s1. The molecule has 0 aromatic carbocycles. The Kier molecular flexibility index (Phi) is 2.77. The zero-order valence-corrected chi connectivity index (χ0v) is 6.54. The SMILES string of the molecule is [B][C@@H]1O[C@@](CO)(N=[N+]=[N-])[C@@H](O)[C@@H]1F. The fraction of sp³-hybridized carbons (Fsp3) is 1.00. The molecule has 0 saturated carbocycles. The molecule has 0 aromatic heterocycles. The lowest BCUT2D eigenvalue weighted by molar-refractivity contribution is -0.0935. The number of aliphatic hydroxyl groups excluding tert-OH is 2. The molecule has 0 unspecified atom stereocenters. The van der Waals surface area contributed by atoms with Gasteiger partial charge in [0.05, 0.1) is 12.6 Å². The summed E-state index contributed by atoms with van der Waals surface area (Å²) in [7, 11) is 5.10. The van der Waals surface area contributed by atoms with Crippen molar-refractivity contribution >= 4 is 7.85 Å². The van der Waals surface area contributed by atoms with Crippen LogP contribution >= 0.6 is 0 Å². The van der Waals surface area contributed by atoms with Crippen LogP contribution in [0.3, 0.4) is 0 Å². The van der Waals surface area contributed by atoms with Crippen LogP contribution in [0.2, 0.25) is 0 Å². The highest BCUT2D eigenvalue weighted by molar-refractivity contribution is 6.11. The Morgan fingerprint density at radius 2 is 2.38 bits per heavy atom. The molecule has 1 aliphatic heterocycles. The molecule has 70 valence electrons. The fourth-order valence-corrected chi connectivity index (χ4v) is 1.12. The van der Waals surface area contributed by atoms with Crippen LogP contribution in [0.25, 0.3) is 10.4 Å². The lowest BCUT2D eigenvalue weighted by Gasteiger charge is -2.23. The number of hydrogen-bond acceptors (Lipinski definition) is 4. The highest BCUT2D eigenvalue weighted by Gasteiger charge is 2.52. The second-order valence-corrected chi connectivity index (χ2v) is 2.66. The molecule has 0 spiro atoms. The number of aliphatic hydroxyl groups is 2. The van der Waals surface area contributed by atoms with E-state index < -0.39 is 30.6 Å². The molecule has 8 heteroatoms. The maximum absolute atomic E-state index is 12.9. The molecular formula is C5H7BFN3O3. The van der Waals surface area contributed by atoms with Gasteiger partial charge in [0, 0.05) is 4.91 Å². The van der Waals surface area contributed by atoms with E-state index in [-0.39, 0.29) is 0 Å². The van der Waals surface area contributed by atoms with Gasteiger partial charge in [0.2, 0.25) is 0 Å². The second kappa shape index (κ2) is 3.51. The Labute approximate surface area is 74.3 Å². The molecule has 1 saturated heterocycles. The van der Waals surface area contributed by atoms with Crippen molar-refractivity contribution in [1.29, 1.82) is 0 Å². The van der Waals surface area contributed by atoms with Crippen molar-refractivity contribution in [3.8, 4) is 0 Å². The largest absolute Gasteiger partial charge is 0.393 e. The van der Waals surface area contributed by atoms with Crippen molar-refractivity contribution in [1.82, 2.24) is 0 Å². The van der Waals surface area contributed by atoms with Crippen molar-refractivity contribution in [3.05, 3.63) is 10.4 Å². The van der Waals surface area contributed by atoms with Crippen LogP contribution in [0.4, 0.5) is 4.39 Å². The fourth-order valence-electron chi connectivity index (χ4n) is 1.12. The first-order valence-corrected chi connectivity index (χ1v) is 3.50. The van der Waals surface area contributed by atoms with Crippen molar-refractivity contribution in [3.63, 3.8) is 0 Å². The van der Waals surface area contributed by atoms with Gasteiger partial charge in [0.1, 0.15) is 20.1 Å². The predicted octanol–water partition coefficient (Wildman–Crippen LogP) is -0.791. The number of rotatable bonds is 2. The van der Waals surface area contributed by atoms with Gasteiger partial charge in [-0.3, -0.25) is 0 Å². The number of hydrogen-bond donors (Lipinski definition) is 2. The van der Waals surface area contributed by atoms with Gasteiger partial charge in [0.25, 0.3) is 0 Å². The van der Waals surface area contributed by atoms with Crippen LogP contribution in [-0.2, 0) is 4.74 Å². The molecule has 13 heavy (non-hydrogen) atoms. The van der Waals surface area contributed by atoms with Crippen LogP contribution in [-0.4, -0.2) is 48.7 Å². The van der Waals surface area contributed by atoms with E-state index in [1.54, 1.807) is 0 Å². The average molecular weight is 187 g/mol. The van der Waals surface area contributed by atoms with Crippen LogP contribution in [0.5, 0.6) is 0 Å². The van der Waals surface area contributed by atoms with Crippen LogP contribution in [0.15, 0.2) is 5.11 Å². The summed E-state index contributed by atoms with van der Waals surface area (Å²) in [6.45, 7) is -0.827. The summed E-state index contributed by atoms with van der Waals surface area (Å²) in [5.41, 5.74) is 6.11.